The smallest absolute Gasteiger partial charge is 0.342 e. The molecular formula is C27H30Cl2N2O9S2. The summed E-state index contributed by atoms with van der Waals surface area (Å²) >= 11 is 13.4. The van der Waals surface area contributed by atoms with Crippen LogP contribution in [0.15, 0.2) is 41.3 Å². The van der Waals surface area contributed by atoms with Crippen molar-refractivity contribution >= 4 is 67.8 Å². The monoisotopic (exact) mass is 660 g/mol. The van der Waals surface area contributed by atoms with Crippen molar-refractivity contribution in [3.63, 3.8) is 0 Å². The number of thiophene rings is 1. The van der Waals surface area contributed by atoms with Crippen molar-refractivity contribution in [2.24, 2.45) is 0 Å². The lowest BCUT2D eigenvalue weighted by molar-refractivity contribution is 0.0519. The van der Waals surface area contributed by atoms with Gasteiger partial charge in [0.25, 0.3) is 15.9 Å². The first kappa shape index (κ1) is 33.3. The van der Waals surface area contributed by atoms with Gasteiger partial charge in [-0.15, -0.1) is 11.3 Å². The molecule has 3 rings (SSSR count). The fourth-order valence-electron chi connectivity index (χ4n) is 3.70. The fraction of sp³-hybridized carbons (Fsp3) is 0.333. The van der Waals surface area contributed by atoms with Gasteiger partial charge in [0.05, 0.1) is 42.0 Å². The number of ether oxygens (including phenoxy) is 5. The number of methoxy groups -OCH3 is 2. The Kier molecular flexibility index (Phi) is 11.7. The molecule has 0 aliphatic heterocycles. The number of amides is 1. The van der Waals surface area contributed by atoms with E-state index in [0.717, 1.165) is 15.6 Å². The number of carbonyl (C=O) groups is 2. The van der Waals surface area contributed by atoms with Crippen LogP contribution >= 0.6 is 34.5 Å². The molecule has 0 spiro atoms. The third kappa shape index (κ3) is 7.58. The number of hydrogen-bond acceptors (Lipinski definition) is 10. The lowest BCUT2D eigenvalue weighted by Gasteiger charge is -2.21. The number of anilines is 2. The maximum Gasteiger partial charge on any atom is 0.342 e. The van der Waals surface area contributed by atoms with Gasteiger partial charge in [-0.25, -0.2) is 13.2 Å². The summed E-state index contributed by atoms with van der Waals surface area (Å²) in [5, 5.41) is 2.62. The molecule has 0 saturated heterocycles. The Bertz CT molecular complexity index is 1540. The lowest BCUT2D eigenvalue weighted by atomic mass is 10.1. The molecule has 0 aliphatic carbocycles. The molecule has 0 radical (unpaired) electrons. The van der Waals surface area contributed by atoms with E-state index in [0.29, 0.717) is 18.1 Å². The summed E-state index contributed by atoms with van der Waals surface area (Å²) in [5.41, 5.74) is 0.334. The fourth-order valence-corrected chi connectivity index (χ4v) is 6.85. The van der Waals surface area contributed by atoms with Gasteiger partial charge in [0, 0.05) is 25.9 Å². The molecule has 0 unspecified atom stereocenters. The summed E-state index contributed by atoms with van der Waals surface area (Å²) in [6, 6.07) is 8.53. The average Bonchev–Trinajstić information content (AvgIpc) is 3.36. The van der Waals surface area contributed by atoms with Crippen molar-refractivity contribution in [3.8, 4) is 17.2 Å². The van der Waals surface area contributed by atoms with E-state index in [1.807, 2.05) is 6.92 Å². The minimum atomic E-state index is -4.28. The van der Waals surface area contributed by atoms with Crippen LogP contribution in [0.25, 0.3) is 0 Å². The van der Waals surface area contributed by atoms with Gasteiger partial charge in [0.1, 0.15) is 21.9 Å². The van der Waals surface area contributed by atoms with Gasteiger partial charge in [0.15, 0.2) is 17.2 Å². The predicted octanol–water partition coefficient (Wildman–Crippen LogP) is 5.74. The van der Waals surface area contributed by atoms with Crippen molar-refractivity contribution in [1.82, 2.24) is 0 Å². The molecule has 0 atom stereocenters. The number of carbonyl (C=O) groups excluding carboxylic acids is 2. The van der Waals surface area contributed by atoms with E-state index < -0.39 is 21.9 Å². The molecule has 11 nitrogen and oxygen atoms in total. The molecule has 0 bridgehead atoms. The van der Waals surface area contributed by atoms with Crippen LogP contribution in [0.3, 0.4) is 0 Å². The molecule has 0 saturated carbocycles. The quantitative estimate of drug-likeness (QED) is 0.170. The molecule has 1 aromatic heterocycles. The number of halogens is 2. The van der Waals surface area contributed by atoms with Gasteiger partial charge in [-0.05, 0) is 44.2 Å². The number of hydrogen-bond donors (Lipinski definition) is 1. The van der Waals surface area contributed by atoms with E-state index in [2.05, 4.69) is 5.32 Å². The van der Waals surface area contributed by atoms with E-state index in [1.165, 1.54) is 45.5 Å². The maximum absolute atomic E-state index is 13.7. The van der Waals surface area contributed by atoms with Crippen LogP contribution in [0, 0.1) is 0 Å². The van der Waals surface area contributed by atoms with Crippen LogP contribution in [0.2, 0.25) is 9.36 Å². The molecule has 1 amide bonds. The van der Waals surface area contributed by atoms with E-state index in [-0.39, 0.29) is 61.6 Å². The largest absolute Gasteiger partial charge is 0.493 e. The Morgan fingerprint density at radius 3 is 2.36 bits per heavy atom. The van der Waals surface area contributed by atoms with Crippen molar-refractivity contribution < 1.29 is 41.7 Å². The van der Waals surface area contributed by atoms with E-state index in [1.54, 1.807) is 19.1 Å². The molecule has 2 aromatic carbocycles. The Labute approximate surface area is 258 Å². The summed E-state index contributed by atoms with van der Waals surface area (Å²) < 4.78 is 55.0. The topological polar surface area (TPSA) is 130 Å². The Morgan fingerprint density at radius 1 is 0.976 bits per heavy atom. The molecular weight excluding hydrogens is 631 g/mol. The van der Waals surface area contributed by atoms with Gasteiger partial charge in [-0.3, -0.25) is 9.10 Å². The second-order valence-corrected chi connectivity index (χ2v) is 12.4. The second-order valence-electron chi connectivity index (χ2n) is 8.34. The van der Waals surface area contributed by atoms with Gasteiger partial charge < -0.3 is 29.0 Å². The van der Waals surface area contributed by atoms with Crippen molar-refractivity contribution in [1.29, 1.82) is 0 Å². The molecule has 42 heavy (non-hydrogen) atoms. The van der Waals surface area contributed by atoms with Gasteiger partial charge in [-0.1, -0.05) is 23.2 Å². The standard InChI is InChI=1S/C27H30Cl2N2O9S2/c1-6-38-20-9-8-17(14-21(20)37-5)31(3)42(34,35)22-15-23(29)41-25(22)26(32)30-16-12-18(27(33)39-7-2)24(19(28)13-16)40-11-10-36-4/h8-9,12-15H,6-7,10-11H2,1-5H3,(H,30,32). The number of esters is 1. The highest BCUT2D eigenvalue weighted by Crippen LogP contribution is 2.38. The zero-order valence-corrected chi connectivity index (χ0v) is 26.6. The summed E-state index contributed by atoms with van der Waals surface area (Å²) in [7, 11) is -0.00361. The zero-order chi connectivity index (χ0) is 31.0. The van der Waals surface area contributed by atoms with Crippen molar-refractivity contribution in [3.05, 3.63) is 56.2 Å². The highest BCUT2D eigenvalue weighted by atomic mass is 35.5. The number of benzene rings is 2. The molecule has 15 heteroatoms. The molecule has 3 aromatic rings. The van der Waals surface area contributed by atoms with Gasteiger partial charge >= 0.3 is 5.97 Å². The molecule has 0 fully saturated rings. The lowest BCUT2D eigenvalue weighted by Crippen LogP contribution is -2.28. The minimum absolute atomic E-state index is 0.0215. The van der Waals surface area contributed by atoms with Crippen molar-refractivity contribution in [2.45, 2.75) is 18.7 Å². The Morgan fingerprint density at radius 2 is 1.71 bits per heavy atom. The second kappa shape index (κ2) is 14.8. The third-order valence-corrected chi connectivity index (χ3v) is 9.14. The summed E-state index contributed by atoms with van der Waals surface area (Å²) in [6.07, 6.45) is 0. The Hall–Kier alpha value is -3.23. The van der Waals surface area contributed by atoms with E-state index in [9.17, 15) is 18.0 Å². The zero-order valence-electron chi connectivity index (χ0n) is 23.5. The number of sulfonamides is 1. The SMILES string of the molecule is CCOC(=O)c1cc(NC(=O)c2sc(Cl)cc2S(=O)(=O)N(C)c2ccc(OCC)c(OC)c2)cc(Cl)c1OCCOC. The average molecular weight is 662 g/mol. The van der Waals surface area contributed by atoms with Crippen LogP contribution in [0.5, 0.6) is 17.2 Å². The van der Waals surface area contributed by atoms with E-state index >= 15 is 0 Å². The Balaban J connectivity index is 1.96. The van der Waals surface area contributed by atoms with Crippen LogP contribution in [-0.2, 0) is 19.5 Å². The molecule has 0 aliphatic rings. The van der Waals surface area contributed by atoms with Crippen molar-refractivity contribution in [2.75, 3.05) is 57.3 Å². The summed E-state index contributed by atoms with van der Waals surface area (Å²) in [6.45, 7) is 4.29. The highest BCUT2D eigenvalue weighted by molar-refractivity contribution is 7.93. The normalized spacial score (nSPS) is 11.1. The van der Waals surface area contributed by atoms with Gasteiger partial charge in [-0.2, -0.15) is 0 Å². The first-order valence-electron chi connectivity index (χ1n) is 12.5. The molecule has 228 valence electrons. The maximum atomic E-state index is 13.7. The van der Waals surface area contributed by atoms with Crippen LogP contribution < -0.4 is 23.8 Å². The van der Waals surface area contributed by atoms with Crippen LogP contribution in [-0.4, -0.2) is 68.0 Å². The first-order chi connectivity index (χ1) is 20.0. The first-order valence-corrected chi connectivity index (χ1v) is 15.5. The van der Waals surface area contributed by atoms with E-state index in [4.69, 9.17) is 46.9 Å². The van der Waals surface area contributed by atoms with Crippen LogP contribution in [0.4, 0.5) is 11.4 Å². The predicted molar refractivity (Wildman–Crippen MR) is 162 cm³/mol. The molecule has 1 heterocycles. The number of rotatable bonds is 14. The van der Waals surface area contributed by atoms with Gasteiger partial charge in [0.2, 0.25) is 0 Å². The third-order valence-electron chi connectivity index (χ3n) is 5.65. The minimum Gasteiger partial charge on any atom is -0.493 e. The molecule has 1 N–H and O–H groups in total. The number of nitrogens with zero attached hydrogens (tertiary/aromatic N) is 1. The summed E-state index contributed by atoms with van der Waals surface area (Å²) in [4.78, 5) is 25.5. The highest BCUT2D eigenvalue weighted by Gasteiger charge is 2.31. The summed E-state index contributed by atoms with van der Waals surface area (Å²) in [5.74, 6) is -0.675. The van der Waals surface area contributed by atoms with Crippen LogP contribution in [0.1, 0.15) is 33.9 Å². The number of nitrogens with one attached hydrogen (secondary N) is 1.